The maximum atomic E-state index is 11.9. The summed E-state index contributed by atoms with van der Waals surface area (Å²) in [6.07, 6.45) is 0. The Bertz CT molecular complexity index is 771. The molecule has 1 aromatic heterocycles. The number of rotatable bonds is 2. The van der Waals surface area contributed by atoms with Gasteiger partial charge in [-0.2, -0.15) is 0 Å². The molecule has 96 valence electrons. The fourth-order valence-corrected chi connectivity index (χ4v) is 2.55. The zero-order valence-corrected chi connectivity index (χ0v) is 11.0. The van der Waals surface area contributed by atoms with Gasteiger partial charge in [-0.05, 0) is 37.6 Å². The number of para-hydroxylation sites is 1. The molecule has 3 rings (SSSR count). The third kappa shape index (κ3) is 1.78. The minimum absolute atomic E-state index is 0.257. The molecule has 1 N–H and O–H groups in total. The number of carbonyl (C=O) groups excluding carboxylic acids is 1. The maximum Gasteiger partial charge on any atom is 0.338 e. The van der Waals surface area contributed by atoms with Gasteiger partial charge >= 0.3 is 5.97 Å². The highest BCUT2D eigenvalue weighted by Crippen LogP contribution is 2.30. The van der Waals surface area contributed by atoms with Crippen LogP contribution < -0.4 is 0 Å². The summed E-state index contributed by atoms with van der Waals surface area (Å²) in [6.45, 7) is 4.18. The van der Waals surface area contributed by atoms with Gasteiger partial charge in [0.1, 0.15) is 0 Å². The molecule has 0 aliphatic carbocycles. The highest BCUT2D eigenvalue weighted by atomic mass is 16.5. The molecule has 0 fully saturated rings. The lowest BCUT2D eigenvalue weighted by atomic mass is 10.0. The van der Waals surface area contributed by atoms with Crippen LogP contribution in [0.3, 0.4) is 0 Å². The average Bonchev–Trinajstić information content (AvgIpc) is 2.78. The second kappa shape index (κ2) is 4.43. The van der Waals surface area contributed by atoms with Crippen LogP contribution in [0.2, 0.25) is 0 Å². The number of ether oxygens (including phenoxy) is 1. The lowest BCUT2D eigenvalue weighted by molar-refractivity contribution is 0.0526. The van der Waals surface area contributed by atoms with Crippen LogP contribution in [0, 0.1) is 6.92 Å². The van der Waals surface area contributed by atoms with Crippen molar-refractivity contribution in [3.8, 4) is 0 Å². The first-order chi connectivity index (χ1) is 9.22. The van der Waals surface area contributed by atoms with E-state index in [-0.39, 0.29) is 5.97 Å². The molecule has 0 saturated carbocycles. The van der Waals surface area contributed by atoms with E-state index in [2.05, 4.69) is 11.1 Å². The molecule has 0 bridgehead atoms. The molecule has 0 spiro atoms. The van der Waals surface area contributed by atoms with Crippen LogP contribution in [-0.2, 0) is 4.74 Å². The van der Waals surface area contributed by atoms with Crippen molar-refractivity contribution in [1.82, 2.24) is 4.98 Å². The number of aromatic nitrogens is 1. The minimum atomic E-state index is -0.257. The van der Waals surface area contributed by atoms with Crippen molar-refractivity contribution in [2.45, 2.75) is 13.8 Å². The van der Waals surface area contributed by atoms with Gasteiger partial charge in [-0.15, -0.1) is 0 Å². The van der Waals surface area contributed by atoms with E-state index in [0.717, 1.165) is 27.4 Å². The van der Waals surface area contributed by atoms with Gasteiger partial charge in [-0.25, -0.2) is 4.79 Å². The number of hydrogen-bond acceptors (Lipinski definition) is 2. The van der Waals surface area contributed by atoms with Crippen LogP contribution in [-0.4, -0.2) is 17.6 Å². The van der Waals surface area contributed by atoms with Gasteiger partial charge in [0.05, 0.1) is 12.2 Å². The molecule has 3 heteroatoms. The maximum absolute atomic E-state index is 11.9. The molecule has 0 saturated heterocycles. The van der Waals surface area contributed by atoms with Crippen LogP contribution in [0.5, 0.6) is 0 Å². The van der Waals surface area contributed by atoms with Crippen LogP contribution in [0.4, 0.5) is 0 Å². The zero-order chi connectivity index (χ0) is 13.4. The zero-order valence-electron chi connectivity index (χ0n) is 11.0. The Morgan fingerprint density at radius 2 is 1.95 bits per heavy atom. The van der Waals surface area contributed by atoms with Crippen molar-refractivity contribution in [3.63, 3.8) is 0 Å². The Morgan fingerprint density at radius 1 is 1.16 bits per heavy atom. The summed E-state index contributed by atoms with van der Waals surface area (Å²) in [5.41, 5.74) is 3.74. The van der Waals surface area contributed by atoms with Gasteiger partial charge in [0.15, 0.2) is 0 Å². The quantitative estimate of drug-likeness (QED) is 0.706. The fraction of sp³-hybridized carbons (Fsp3) is 0.188. The third-order valence-corrected chi connectivity index (χ3v) is 3.43. The molecule has 3 aromatic rings. The van der Waals surface area contributed by atoms with E-state index in [1.54, 1.807) is 0 Å². The van der Waals surface area contributed by atoms with Crippen molar-refractivity contribution >= 4 is 27.8 Å². The number of H-pyrrole nitrogens is 1. The number of hydrogen-bond donors (Lipinski definition) is 1. The van der Waals surface area contributed by atoms with Crippen molar-refractivity contribution in [1.29, 1.82) is 0 Å². The van der Waals surface area contributed by atoms with Crippen LogP contribution >= 0.6 is 0 Å². The smallest absolute Gasteiger partial charge is 0.338 e. The topological polar surface area (TPSA) is 42.1 Å². The first-order valence-electron chi connectivity index (χ1n) is 6.39. The van der Waals surface area contributed by atoms with Gasteiger partial charge in [-0.1, -0.05) is 18.2 Å². The summed E-state index contributed by atoms with van der Waals surface area (Å²) in [5, 5.41) is 2.24. The predicted molar refractivity (Wildman–Crippen MR) is 76.5 cm³/mol. The molecular formula is C16H15NO2. The van der Waals surface area contributed by atoms with Gasteiger partial charge in [0.25, 0.3) is 0 Å². The van der Waals surface area contributed by atoms with Crippen molar-refractivity contribution in [3.05, 3.63) is 47.5 Å². The molecule has 0 amide bonds. The summed E-state index contributed by atoms with van der Waals surface area (Å²) in [5.74, 6) is -0.257. The molecule has 0 unspecified atom stereocenters. The lowest BCUT2D eigenvalue weighted by Crippen LogP contribution is -2.06. The Morgan fingerprint density at radius 3 is 2.74 bits per heavy atom. The number of carbonyl (C=O) groups is 1. The van der Waals surface area contributed by atoms with E-state index in [9.17, 15) is 4.79 Å². The normalized spacial score (nSPS) is 11.1. The van der Waals surface area contributed by atoms with Gasteiger partial charge < -0.3 is 9.72 Å². The third-order valence-electron chi connectivity index (χ3n) is 3.43. The van der Waals surface area contributed by atoms with Crippen LogP contribution in [0.25, 0.3) is 21.8 Å². The second-order valence-electron chi connectivity index (χ2n) is 4.55. The van der Waals surface area contributed by atoms with E-state index in [0.29, 0.717) is 12.2 Å². The van der Waals surface area contributed by atoms with Gasteiger partial charge in [0.2, 0.25) is 0 Å². The first kappa shape index (κ1) is 11.8. The van der Waals surface area contributed by atoms with Gasteiger partial charge in [-0.3, -0.25) is 0 Å². The summed E-state index contributed by atoms with van der Waals surface area (Å²) >= 11 is 0. The number of aromatic amines is 1. The van der Waals surface area contributed by atoms with E-state index >= 15 is 0 Å². The molecule has 0 radical (unpaired) electrons. The SMILES string of the molecule is CCOC(=O)c1ccc2[nH]c3ccccc3c2c1C. The van der Waals surface area contributed by atoms with Crippen LogP contribution in [0.15, 0.2) is 36.4 Å². The lowest BCUT2D eigenvalue weighted by Gasteiger charge is -2.06. The number of fused-ring (bicyclic) bond motifs is 3. The van der Waals surface area contributed by atoms with Crippen molar-refractivity contribution < 1.29 is 9.53 Å². The molecule has 19 heavy (non-hydrogen) atoms. The Hall–Kier alpha value is -2.29. The Balaban J connectivity index is 2.31. The van der Waals surface area contributed by atoms with E-state index in [4.69, 9.17) is 4.74 Å². The molecule has 2 aromatic carbocycles. The highest BCUT2D eigenvalue weighted by Gasteiger charge is 2.15. The van der Waals surface area contributed by atoms with Gasteiger partial charge in [0, 0.05) is 21.8 Å². The molecule has 0 aliphatic rings. The molecule has 0 aliphatic heterocycles. The molecule has 0 atom stereocenters. The summed E-state index contributed by atoms with van der Waals surface area (Å²) < 4.78 is 5.10. The minimum Gasteiger partial charge on any atom is -0.462 e. The van der Waals surface area contributed by atoms with E-state index in [1.807, 2.05) is 44.2 Å². The summed E-state index contributed by atoms with van der Waals surface area (Å²) in [7, 11) is 0. The molecular weight excluding hydrogens is 238 g/mol. The van der Waals surface area contributed by atoms with Crippen molar-refractivity contribution in [2.75, 3.05) is 6.61 Å². The average molecular weight is 253 g/mol. The van der Waals surface area contributed by atoms with E-state index < -0.39 is 0 Å². The van der Waals surface area contributed by atoms with E-state index in [1.165, 1.54) is 0 Å². The second-order valence-corrected chi connectivity index (χ2v) is 4.55. The predicted octanol–water partition coefficient (Wildman–Crippen LogP) is 3.81. The Kier molecular flexibility index (Phi) is 2.75. The first-order valence-corrected chi connectivity index (χ1v) is 6.39. The monoisotopic (exact) mass is 253 g/mol. The number of esters is 1. The standard InChI is InChI=1S/C16H15NO2/c1-3-19-16(18)11-8-9-14-15(10(11)2)12-6-4-5-7-13(12)17-14/h4-9,17H,3H2,1-2H3. The summed E-state index contributed by atoms with van der Waals surface area (Å²) in [4.78, 5) is 15.3. The Labute approximate surface area is 111 Å². The number of nitrogens with one attached hydrogen (secondary N) is 1. The molecule has 3 nitrogen and oxygen atoms in total. The van der Waals surface area contributed by atoms with Crippen LogP contribution in [0.1, 0.15) is 22.8 Å². The highest BCUT2D eigenvalue weighted by molar-refractivity contribution is 6.11. The summed E-state index contributed by atoms with van der Waals surface area (Å²) in [6, 6.07) is 11.9. The largest absolute Gasteiger partial charge is 0.462 e. The molecule has 1 heterocycles. The number of benzene rings is 2. The fourth-order valence-electron chi connectivity index (χ4n) is 2.55. The van der Waals surface area contributed by atoms with Crippen molar-refractivity contribution in [2.24, 2.45) is 0 Å². The number of aryl methyl sites for hydroxylation is 1.